The van der Waals surface area contributed by atoms with Crippen LogP contribution in [0, 0.1) is 0 Å². The van der Waals surface area contributed by atoms with Crippen molar-refractivity contribution in [2.24, 2.45) is 4.99 Å². The van der Waals surface area contributed by atoms with Crippen LogP contribution in [-0.4, -0.2) is 18.5 Å². The molecule has 0 bridgehead atoms. The maximum atomic E-state index is 6.01. The Hall–Kier alpha value is -0.930. The summed E-state index contributed by atoms with van der Waals surface area (Å²) in [5, 5.41) is 7.44. The summed E-state index contributed by atoms with van der Waals surface area (Å²) in [7, 11) is 0. The van der Waals surface area contributed by atoms with Gasteiger partial charge in [-0.2, -0.15) is 0 Å². The minimum atomic E-state index is 0.355. The zero-order valence-corrected chi connectivity index (χ0v) is 9.73. The van der Waals surface area contributed by atoms with E-state index in [1.165, 1.54) is 0 Å². The molecule has 5 heteroatoms. The molecule has 3 nitrogen and oxygen atoms in total. The minimum Gasteiger partial charge on any atom is -0.352 e. The molecule has 1 heterocycles. The second-order valence-corrected chi connectivity index (χ2v) is 4.27. The third-order valence-corrected chi connectivity index (χ3v) is 2.74. The fraction of sp³-hybridized carbons (Fsp3) is 0.300. The van der Waals surface area contributed by atoms with Crippen LogP contribution in [0.25, 0.3) is 0 Å². The number of nitrogens with one attached hydrogen (secondary N) is 2. The Morgan fingerprint density at radius 2 is 2.07 bits per heavy atom. The Balaban J connectivity index is 2.18. The van der Waals surface area contributed by atoms with Crippen LogP contribution in [0.4, 0.5) is 5.69 Å². The van der Waals surface area contributed by atoms with Gasteiger partial charge in [-0.3, -0.25) is 4.99 Å². The number of guanidine groups is 1. The molecule has 0 radical (unpaired) electrons. The zero-order chi connectivity index (χ0) is 10.8. The van der Waals surface area contributed by atoms with Gasteiger partial charge in [0.25, 0.3) is 0 Å². The highest BCUT2D eigenvalue weighted by atomic mass is 35.5. The fourth-order valence-corrected chi connectivity index (χ4v) is 1.86. The summed E-state index contributed by atoms with van der Waals surface area (Å²) in [6.07, 6.45) is 0. The molecule has 0 spiro atoms. The molecule has 0 amide bonds. The van der Waals surface area contributed by atoms with Gasteiger partial charge in [0.15, 0.2) is 5.96 Å². The third-order valence-electron chi connectivity index (χ3n) is 2.11. The molecular weight excluding hydrogens is 233 g/mol. The highest BCUT2D eigenvalue weighted by Crippen LogP contribution is 2.29. The molecule has 2 rings (SSSR count). The number of anilines is 1. The summed E-state index contributed by atoms with van der Waals surface area (Å²) in [5.41, 5.74) is 0.696. The summed E-state index contributed by atoms with van der Waals surface area (Å²) >= 11 is 12.0. The van der Waals surface area contributed by atoms with Crippen molar-refractivity contribution >= 4 is 34.8 Å². The number of aliphatic imine (C=N–C) groups is 1. The van der Waals surface area contributed by atoms with Crippen molar-refractivity contribution < 1.29 is 0 Å². The lowest BCUT2D eigenvalue weighted by Gasteiger charge is -2.11. The van der Waals surface area contributed by atoms with Crippen LogP contribution in [0.3, 0.4) is 0 Å². The molecule has 0 aromatic heterocycles. The van der Waals surface area contributed by atoms with Gasteiger partial charge in [-0.05, 0) is 19.1 Å². The molecule has 0 fully saturated rings. The highest BCUT2D eigenvalue weighted by molar-refractivity contribution is 6.39. The number of rotatable bonds is 1. The van der Waals surface area contributed by atoms with E-state index in [2.05, 4.69) is 22.5 Å². The summed E-state index contributed by atoms with van der Waals surface area (Å²) in [6.45, 7) is 2.83. The van der Waals surface area contributed by atoms with Gasteiger partial charge in [0.2, 0.25) is 0 Å². The number of benzene rings is 1. The molecule has 15 heavy (non-hydrogen) atoms. The largest absolute Gasteiger partial charge is 0.352 e. The summed E-state index contributed by atoms with van der Waals surface area (Å²) in [5.74, 6) is 0.720. The number of nitrogens with zero attached hydrogens (tertiary/aromatic N) is 1. The van der Waals surface area contributed by atoms with E-state index in [9.17, 15) is 0 Å². The van der Waals surface area contributed by atoms with Crippen molar-refractivity contribution in [3.63, 3.8) is 0 Å². The summed E-state index contributed by atoms with van der Waals surface area (Å²) in [4.78, 5) is 4.27. The first-order valence-corrected chi connectivity index (χ1v) is 5.44. The molecule has 0 aliphatic carbocycles. The third kappa shape index (κ3) is 2.36. The van der Waals surface area contributed by atoms with Crippen molar-refractivity contribution in [2.75, 3.05) is 11.9 Å². The molecule has 1 aromatic carbocycles. The van der Waals surface area contributed by atoms with E-state index in [-0.39, 0.29) is 0 Å². The van der Waals surface area contributed by atoms with Crippen LogP contribution >= 0.6 is 23.2 Å². The van der Waals surface area contributed by atoms with E-state index in [1.54, 1.807) is 12.1 Å². The van der Waals surface area contributed by atoms with Crippen LogP contribution in [0.1, 0.15) is 6.92 Å². The van der Waals surface area contributed by atoms with Crippen molar-refractivity contribution in [1.82, 2.24) is 5.32 Å². The van der Waals surface area contributed by atoms with Gasteiger partial charge in [0, 0.05) is 6.04 Å². The van der Waals surface area contributed by atoms with Gasteiger partial charge in [-0.25, -0.2) is 0 Å². The van der Waals surface area contributed by atoms with Crippen molar-refractivity contribution in [1.29, 1.82) is 0 Å². The first kappa shape index (κ1) is 10.6. The first-order valence-electron chi connectivity index (χ1n) is 4.69. The van der Waals surface area contributed by atoms with Crippen molar-refractivity contribution in [3.8, 4) is 0 Å². The molecule has 1 atom stereocenters. The second-order valence-electron chi connectivity index (χ2n) is 3.46. The molecule has 0 saturated heterocycles. The van der Waals surface area contributed by atoms with Gasteiger partial charge in [0.1, 0.15) is 0 Å². The number of hydrogen-bond donors (Lipinski definition) is 2. The molecule has 1 aromatic rings. The van der Waals surface area contributed by atoms with Crippen molar-refractivity contribution in [2.45, 2.75) is 13.0 Å². The van der Waals surface area contributed by atoms with E-state index in [0.29, 0.717) is 21.8 Å². The molecule has 2 N–H and O–H groups in total. The number of hydrogen-bond acceptors (Lipinski definition) is 3. The molecule has 0 unspecified atom stereocenters. The Morgan fingerprint density at radius 1 is 1.40 bits per heavy atom. The lowest BCUT2D eigenvalue weighted by atomic mass is 10.3. The Kier molecular flexibility index (Phi) is 3.03. The Bertz CT molecular complexity index is 383. The van der Waals surface area contributed by atoms with Gasteiger partial charge < -0.3 is 10.6 Å². The molecular formula is C10H11Cl2N3. The van der Waals surface area contributed by atoms with E-state index in [0.717, 1.165) is 12.5 Å². The molecule has 0 saturated carbocycles. The standard InChI is InChI=1S/C10H11Cl2N3/c1-6-5-13-10(14-6)15-9-7(11)3-2-4-8(9)12/h2-4,6H,5H2,1H3,(H2,13,14,15)/t6-/m1/s1. The minimum absolute atomic E-state index is 0.355. The van der Waals surface area contributed by atoms with Gasteiger partial charge in [-0.15, -0.1) is 0 Å². The van der Waals surface area contributed by atoms with Gasteiger partial charge in [-0.1, -0.05) is 29.3 Å². The van der Waals surface area contributed by atoms with Gasteiger partial charge >= 0.3 is 0 Å². The summed E-state index contributed by atoms with van der Waals surface area (Å²) in [6, 6.07) is 5.74. The molecule has 80 valence electrons. The van der Waals surface area contributed by atoms with Crippen LogP contribution < -0.4 is 10.6 Å². The SMILES string of the molecule is C[C@@H]1CN=C(Nc2c(Cl)cccc2Cl)N1. The van der Waals surface area contributed by atoms with Crippen LogP contribution in [-0.2, 0) is 0 Å². The lowest BCUT2D eigenvalue weighted by molar-refractivity contribution is 0.725. The van der Waals surface area contributed by atoms with Gasteiger partial charge in [0.05, 0.1) is 22.3 Å². The Morgan fingerprint density at radius 3 is 2.60 bits per heavy atom. The monoisotopic (exact) mass is 243 g/mol. The van der Waals surface area contributed by atoms with Crippen LogP contribution in [0.15, 0.2) is 23.2 Å². The predicted molar refractivity (Wildman–Crippen MR) is 65.0 cm³/mol. The fourth-order valence-electron chi connectivity index (χ4n) is 1.36. The number of para-hydroxylation sites is 1. The average Bonchev–Trinajstić information content (AvgIpc) is 2.58. The quantitative estimate of drug-likeness (QED) is 0.796. The van der Waals surface area contributed by atoms with E-state index >= 15 is 0 Å². The van der Waals surface area contributed by atoms with Crippen LogP contribution in [0.2, 0.25) is 10.0 Å². The Labute approximate surface area is 98.5 Å². The van der Waals surface area contributed by atoms with Crippen molar-refractivity contribution in [3.05, 3.63) is 28.2 Å². The maximum absolute atomic E-state index is 6.01. The van der Waals surface area contributed by atoms with E-state index in [4.69, 9.17) is 23.2 Å². The van der Waals surface area contributed by atoms with Crippen LogP contribution in [0.5, 0.6) is 0 Å². The second kappa shape index (κ2) is 4.29. The normalized spacial score (nSPS) is 19.7. The van der Waals surface area contributed by atoms with E-state index < -0.39 is 0 Å². The predicted octanol–water partition coefficient (Wildman–Crippen LogP) is 2.75. The highest BCUT2D eigenvalue weighted by Gasteiger charge is 2.14. The first-order chi connectivity index (χ1) is 7.16. The lowest BCUT2D eigenvalue weighted by Crippen LogP contribution is -2.32. The molecule has 1 aliphatic rings. The van der Waals surface area contributed by atoms with E-state index in [1.807, 2.05) is 6.07 Å². The zero-order valence-electron chi connectivity index (χ0n) is 8.22. The number of halogens is 2. The topological polar surface area (TPSA) is 36.4 Å². The average molecular weight is 244 g/mol. The summed E-state index contributed by atoms with van der Waals surface area (Å²) < 4.78 is 0. The molecule has 1 aliphatic heterocycles. The smallest absolute Gasteiger partial charge is 0.196 e. The maximum Gasteiger partial charge on any atom is 0.196 e.